The molecule has 22 heavy (non-hydrogen) atoms. The van der Waals surface area contributed by atoms with Gasteiger partial charge in [-0.1, -0.05) is 12.1 Å². The van der Waals surface area contributed by atoms with E-state index in [2.05, 4.69) is 9.62 Å². The second-order valence-corrected chi connectivity index (χ2v) is 7.71. The molecule has 0 aromatic heterocycles. The van der Waals surface area contributed by atoms with Gasteiger partial charge in [-0.25, -0.2) is 17.5 Å². The van der Waals surface area contributed by atoms with Crippen molar-refractivity contribution >= 4 is 10.0 Å². The molecule has 0 saturated carbocycles. The van der Waals surface area contributed by atoms with Crippen molar-refractivity contribution in [1.82, 2.24) is 9.62 Å². The summed E-state index contributed by atoms with van der Waals surface area (Å²) in [5.74, 6) is -0.281. The number of hydrogen-bond acceptors (Lipinski definition) is 4. The topological polar surface area (TPSA) is 58.6 Å². The van der Waals surface area contributed by atoms with Crippen LogP contribution in [0, 0.1) is 5.82 Å². The first-order chi connectivity index (χ1) is 10.5. The number of benzene rings is 1. The van der Waals surface area contributed by atoms with Gasteiger partial charge >= 0.3 is 0 Å². The lowest BCUT2D eigenvalue weighted by Gasteiger charge is -2.34. The zero-order valence-corrected chi connectivity index (χ0v) is 13.8. The normalized spacial score (nSPS) is 21.7. The van der Waals surface area contributed by atoms with E-state index in [1.165, 1.54) is 19.2 Å². The summed E-state index contributed by atoms with van der Waals surface area (Å²) < 4.78 is 44.8. The number of methoxy groups -OCH3 is 1. The highest BCUT2D eigenvalue weighted by Crippen LogP contribution is 2.22. The molecule has 0 amide bonds. The van der Waals surface area contributed by atoms with Crippen LogP contribution in [0.25, 0.3) is 0 Å². The summed E-state index contributed by atoms with van der Waals surface area (Å²) in [7, 11) is -0.189. The fraction of sp³-hybridized carbons (Fsp3) is 0.600. The minimum atomic E-state index is -3.25. The number of piperidine rings is 1. The molecule has 1 fully saturated rings. The van der Waals surface area contributed by atoms with Gasteiger partial charge in [0.25, 0.3) is 0 Å². The van der Waals surface area contributed by atoms with Crippen LogP contribution in [0.4, 0.5) is 4.39 Å². The summed E-state index contributed by atoms with van der Waals surface area (Å²) in [4.78, 5) is 2.10. The van der Waals surface area contributed by atoms with Gasteiger partial charge in [-0.05, 0) is 44.1 Å². The quantitative estimate of drug-likeness (QED) is 0.859. The molecule has 7 heteroatoms. The number of rotatable bonds is 6. The lowest BCUT2D eigenvalue weighted by molar-refractivity contribution is 0.0574. The standard InChI is InChI=1S/C15H23FN2O3S/c1-17-22(19,20)14-4-3-9-18(10-14)11-15(21-2)12-5-7-13(16)8-6-12/h5-8,14-15,17H,3-4,9-11H2,1-2H3. The third-order valence-electron chi connectivity index (χ3n) is 4.14. The molecule has 2 rings (SSSR count). The molecular weight excluding hydrogens is 307 g/mol. The molecule has 1 aliphatic rings. The fourth-order valence-electron chi connectivity index (χ4n) is 2.83. The van der Waals surface area contributed by atoms with Gasteiger partial charge in [-0.15, -0.1) is 0 Å². The summed E-state index contributed by atoms with van der Waals surface area (Å²) in [6, 6.07) is 6.22. The van der Waals surface area contributed by atoms with Crippen LogP contribution in [0.15, 0.2) is 24.3 Å². The first kappa shape index (κ1) is 17.3. The van der Waals surface area contributed by atoms with E-state index in [-0.39, 0.29) is 11.9 Å². The molecule has 1 aromatic carbocycles. The van der Waals surface area contributed by atoms with E-state index in [0.717, 1.165) is 18.5 Å². The van der Waals surface area contributed by atoms with Gasteiger partial charge in [0, 0.05) is 20.2 Å². The predicted octanol–water partition coefficient (Wildman–Crippen LogP) is 1.53. The van der Waals surface area contributed by atoms with Crippen molar-refractivity contribution in [2.24, 2.45) is 0 Å². The highest BCUT2D eigenvalue weighted by molar-refractivity contribution is 7.90. The number of nitrogens with zero attached hydrogens (tertiary/aromatic N) is 1. The van der Waals surface area contributed by atoms with E-state index in [9.17, 15) is 12.8 Å². The SMILES string of the molecule is CNS(=O)(=O)C1CCCN(CC(OC)c2ccc(F)cc2)C1. The van der Waals surface area contributed by atoms with Crippen LogP contribution in [0.5, 0.6) is 0 Å². The van der Waals surface area contributed by atoms with Gasteiger partial charge in [0.1, 0.15) is 5.82 Å². The average Bonchev–Trinajstić information content (AvgIpc) is 2.54. The summed E-state index contributed by atoms with van der Waals surface area (Å²) in [5, 5.41) is -0.392. The molecule has 2 atom stereocenters. The molecule has 1 saturated heterocycles. The molecule has 0 spiro atoms. The van der Waals surface area contributed by atoms with Crippen molar-refractivity contribution in [3.63, 3.8) is 0 Å². The van der Waals surface area contributed by atoms with E-state index < -0.39 is 15.3 Å². The highest BCUT2D eigenvalue weighted by atomic mass is 32.2. The van der Waals surface area contributed by atoms with Crippen molar-refractivity contribution in [2.45, 2.75) is 24.2 Å². The van der Waals surface area contributed by atoms with Crippen molar-refractivity contribution in [1.29, 1.82) is 0 Å². The van der Waals surface area contributed by atoms with Gasteiger partial charge < -0.3 is 4.74 Å². The first-order valence-corrected chi connectivity index (χ1v) is 8.94. The Bertz CT molecular complexity index is 577. The predicted molar refractivity (Wildman–Crippen MR) is 83.6 cm³/mol. The van der Waals surface area contributed by atoms with E-state index in [0.29, 0.717) is 19.5 Å². The summed E-state index contributed by atoms with van der Waals surface area (Å²) in [6.45, 7) is 1.93. The van der Waals surface area contributed by atoms with Crippen LogP contribution in [0.1, 0.15) is 24.5 Å². The molecule has 1 N–H and O–H groups in total. The Kier molecular flexibility index (Phi) is 5.91. The van der Waals surface area contributed by atoms with Gasteiger partial charge in [-0.3, -0.25) is 4.90 Å². The number of nitrogens with one attached hydrogen (secondary N) is 1. The zero-order chi connectivity index (χ0) is 16.2. The third-order valence-corrected chi connectivity index (χ3v) is 5.97. The Morgan fingerprint density at radius 2 is 2.09 bits per heavy atom. The molecule has 1 aliphatic heterocycles. The van der Waals surface area contributed by atoms with Crippen LogP contribution < -0.4 is 4.72 Å². The number of halogens is 1. The summed E-state index contributed by atoms with van der Waals surface area (Å²) in [5.41, 5.74) is 0.891. The summed E-state index contributed by atoms with van der Waals surface area (Å²) in [6.07, 6.45) is 1.32. The summed E-state index contributed by atoms with van der Waals surface area (Å²) >= 11 is 0. The second kappa shape index (κ2) is 7.50. The van der Waals surface area contributed by atoms with Crippen molar-refractivity contribution in [2.75, 3.05) is 33.8 Å². The molecule has 124 valence electrons. The number of ether oxygens (including phenoxy) is 1. The largest absolute Gasteiger partial charge is 0.375 e. The third kappa shape index (κ3) is 4.25. The highest BCUT2D eigenvalue weighted by Gasteiger charge is 2.30. The zero-order valence-electron chi connectivity index (χ0n) is 13.0. The van der Waals surface area contributed by atoms with Crippen LogP contribution in [-0.4, -0.2) is 52.4 Å². The van der Waals surface area contributed by atoms with Gasteiger partial charge in [-0.2, -0.15) is 0 Å². The molecule has 0 aliphatic carbocycles. The first-order valence-electron chi connectivity index (χ1n) is 7.39. The van der Waals surface area contributed by atoms with E-state index in [1.54, 1.807) is 19.2 Å². The van der Waals surface area contributed by atoms with Gasteiger partial charge in [0.2, 0.25) is 10.0 Å². The molecule has 1 aromatic rings. The average molecular weight is 330 g/mol. The van der Waals surface area contributed by atoms with Crippen molar-refractivity contribution < 1.29 is 17.5 Å². The Morgan fingerprint density at radius 3 is 2.68 bits per heavy atom. The molecular formula is C15H23FN2O3S. The smallest absolute Gasteiger partial charge is 0.215 e. The Hall–Kier alpha value is -1.02. The van der Waals surface area contributed by atoms with Crippen LogP contribution >= 0.6 is 0 Å². The van der Waals surface area contributed by atoms with E-state index in [1.807, 2.05) is 0 Å². The minimum Gasteiger partial charge on any atom is -0.375 e. The van der Waals surface area contributed by atoms with Gasteiger partial charge in [0.05, 0.1) is 11.4 Å². The van der Waals surface area contributed by atoms with Gasteiger partial charge in [0.15, 0.2) is 0 Å². The Labute approximate surface area is 131 Å². The van der Waals surface area contributed by atoms with Crippen molar-refractivity contribution in [3.05, 3.63) is 35.6 Å². The second-order valence-electron chi connectivity index (χ2n) is 5.55. The van der Waals surface area contributed by atoms with Crippen LogP contribution in [0.3, 0.4) is 0 Å². The molecule has 1 heterocycles. The molecule has 5 nitrogen and oxygen atoms in total. The Morgan fingerprint density at radius 1 is 1.41 bits per heavy atom. The number of hydrogen-bond donors (Lipinski definition) is 1. The van der Waals surface area contributed by atoms with E-state index in [4.69, 9.17) is 4.74 Å². The lowest BCUT2D eigenvalue weighted by Crippen LogP contribution is -2.46. The Balaban J connectivity index is 2.03. The lowest BCUT2D eigenvalue weighted by atomic mass is 10.1. The maximum Gasteiger partial charge on any atom is 0.215 e. The maximum absolute atomic E-state index is 13.0. The molecule has 0 radical (unpaired) electrons. The van der Waals surface area contributed by atoms with E-state index >= 15 is 0 Å². The fourth-order valence-corrected chi connectivity index (χ4v) is 4.04. The molecule has 2 unspecified atom stereocenters. The maximum atomic E-state index is 13.0. The number of sulfonamides is 1. The number of likely N-dealkylation sites (tertiary alicyclic amines) is 1. The monoisotopic (exact) mass is 330 g/mol. The minimum absolute atomic E-state index is 0.198. The van der Waals surface area contributed by atoms with Crippen LogP contribution in [0.2, 0.25) is 0 Å². The van der Waals surface area contributed by atoms with Crippen molar-refractivity contribution in [3.8, 4) is 0 Å². The van der Waals surface area contributed by atoms with Crippen LogP contribution in [-0.2, 0) is 14.8 Å². The molecule has 0 bridgehead atoms.